The zero-order chi connectivity index (χ0) is 12.1. The highest BCUT2D eigenvalue weighted by Crippen LogP contribution is 2.25. The Bertz CT molecular complexity index is 323. The maximum atomic E-state index is 5.98. The molecule has 0 radical (unpaired) electrons. The van der Waals surface area contributed by atoms with Crippen LogP contribution in [-0.2, 0) is 0 Å². The van der Waals surface area contributed by atoms with E-state index in [9.17, 15) is 0 Å². The normalized spacial score (nSPS) is 24.2. The molecule has 0 saturated carbocycles. The van der Waals surface area contributed by atoms with E-state index in [1.54, 1.807) is 0 Å². The minimum atomic E-state index is 0.404. The fourth-order valence-electron chi connectivity index (χ4n) is 2.77. The molecule has 2 N–H and O–H groups in total. The van der Waals surface area contributed by atoms with Gasteiger partial charge in [-0.3, -0.25) is 4.90 Å². The van der Waals surface area contributed by atoms with Gasteiger partial charge >= 0.3 is 0 Å². The summed E-state index contributed by atoms with van der Waals surface area (Å²) in [4.78, 5) is 2.57. The van der Waals surface area contributed by atoms with Crippen molar-refractivity contribution in [2.45, 2.75) is 32.2 Å². The molecule has 2 nitrogen and oxygen atoms in total. The first-order chi connectivity index (χ1) is 8.31. The molecule has 1 saturated heterocycles. The van der Waals surface area contributed by atoms with E-state index in [0.29, 0.717) is 6.04 Å². The molecule has 2 heteroatoms. The molecule has 17 heavy (non-hydrogen) atoms. The first kappa shape index (κ1) is 12.6. The zero-order valence-electron chi connectivity index (χ0n) is 10.8. The standard InChI is InChI=1S/C15H24N2/c1-13-6-5-10-17(11-9-13)15(12-16)14-7-3-2-4-8-14/h2-4,7-8,13,15H,5-6,9-12,16H2,1H3. The molecule has 0 bridgehead atoms. The van der Waals surface area contributed by atoms with Gasteiger partial charge < -0.3 is 5.73 Å². The molecule has 2 rings (SSSR count). The van der Waals surface area contributed by atoms with Crippen LogP contribution in [0, 0.1) is 5.92 Å². The summed E-state index contributed by atoms with van der Waals surface area (Å²) in [5.74, 6) is 0.870. The molecular formula is C15H24N2. The lowest BCUT2D eigenvalue weighted by Gasteiger charge is -2.30. The van der Waals surface area contributed by atoms with Crippen molar-refractivity contribution in [2.75, 3.05) is 19.6 Å². The summed E-state index contributed by atoms with van der Waals surface area (Å²) in [6, 6.07) is 11.1. The smallest absolute Gasteiger partial charge is 0.0470 e. The van der Waals surface area contributed by atoms with Crippen molar-refractivity contribution in [3.63, 3.8) is 0 Å². The topological polar surface area (TPSA) is 29.3 Å². The fraction of sp³-hybridized carbons (Fsp3) is 0.600. The minimum Gasteiger partial charge on any atom is -0.329 e. The number of nitrogens with zero attached hydrogens (tertiary/aromatic N) is 1. The van der Waals surface area contributed by atoms with E-state index in [2.05, 4.69) is 42.2 Å². The van der Waals surface area contributed by atoms with Crippen LogP contribution in [-0.4, -0.2) is 24.5 Å². The number of hydrogen-bond donors (Lipinski definition) is 1. The molecule has 1 aliphatic rings. The van der Waals surface area contributed by atoms with Crippen LogP contribution in [0.5, 0.6) is 0 Å². The number of nitrogens with two attached hydrogens (primary N) is 1. The molecule has 1 aromatic rings. The number of likely N-dealkylation sites (tertiary alicyclic amines) is 1. The maximum Gasteiger partial charge on any atom is 0.0470 e. The first-order valence-electron chi connectivity index (χ1n) is 6.80. The second-order valence-corrected chi connectivity index (χ2v) is 5.23. The Morgan fingerprint density at radius 2 is 2.00 bits per heavy atom. The molecule has 1 aliphatic heterocycles. The predicted molar refractivity (Wildman–Crippen MR) is 72.8 cm³/mol. The van der Waals surface area contributed by atoms with Crippen LogP contribution in [0.2, 0.25) is 0 Å². The summed E-state index contributed by atoms with van der Waals surface area (Å²) in [6.07, 6.45) is 3.98. The molecule has 2 unspecified atom stereocenters. The number of hydrogen-bond acceptors (Lipinski definition) is 2. The Balaban J connectivity index is 2.07. The highest BCUT2D eigenvalue weighted by atomic mass is 15.2. The van der Waals surface area contributed by atoms with Gasteiger partial charge in [0.1, 0.15) is 0 Å². The van der Waals surface area contributed by atoms with Gasteiger partial charge in [0.15, 0.2) is 0 Å². The Kier molecular flexibility index (Phi) is 4.57. The Hall–Kier alpha value is -0.860. The largest absolute Gasteiger partial charge is 0.329 e. The summed E-state index contributed by atoms with van der Waals surface area (Å²) < 4.78 is 0. The predicted octanol–water partition coefficient (Wildman–Crippen LogP) is 2.81. The summed E-state index contributed by atoms with van der Waals surface area (Å²) in [7, 11) is 0. The van der Waals surface area contributed by atoms with Gasteiger partial charge in [0, 0.05) is 12.6 Å². The van der Waals surface area contributed by atoms with Crippen LogP contribution < -0.4 is 5.73 Å². The van der Waals surface area contributed by atoms with E-state index in [1.165, 1.54) is 37.9 Å². The summed E-state index contributed by atoms with van der Waals surface area (Å²) in [6.45, 7) is 5.47. The highest BCUT2D eigenvalue weighted by Gasteiger charge is 2.21. The minimum absolute atomic E-state index is 0.404. The van der Waals surface area contributed by atoms with Gasteiger partial charge in [-0.1, -0.05) is 37.3 Å². The first-order valence-corrected chi connectivity index (χ1v) is 6.80. The average molecular weight is 232 g/mol. The second-order valence-electron chi connectivity index (χ2n) is 5.23. The SMILES string of the molecule is CC1CCCN(C(CN)c2ccccc2)CC1. The van der Waals surface area contributed by atoms with Crippen molar-refractivity contribution in [2.24, 2.45) is 11.7 Å². The van der Waals surface area contributed by atoms with Crippen molar-refractivity contribution in [3.05, 3.63) is 35.9 Å². The molecule has 0 aromatic heterocycles. The lowest BCUT2D eigenvalue weighted by molar-refractivity contribution is 0.207. The molecule has 1 aromatic carbocycles. The molecule has 0 spiro atoms. The maximum absolute atomic E-state index is 5.98. The third-order valence-electron chi connectivity index (χ3n) is 3.90. The van der Waals surface area contributed by atoms with Gasteiger partial charge in [-0.15, -0.1) is 0 Å². The summed E-state index contributed by atoms with van der Waals surface area (Å²) >= 11 is 0. The van der Waals surface area contributed by atoms with Crippen LogP contribution in [0.25, 0.3) is 0 Å². The van der Waals surface area contributed by atoms with E-state index >= 15 is 0 Å². The van der Waals surface area contributed by atoms with E-state index in [0.717, 1.165) is 12.5 Å². The third kappa shape index (κ3) is 3.30. The fourth-order valence-corrected chi connectivity index (χ4v) is 2.77. The van der Waals surface area contributed by atoms with Crippen LogP contribution in [0.3, 0.4) is 0 Å². The van der Waals surface area contributed by atoms with Crippen molar-refractivity contribution < 1.29 is 0 Å². The van der Waals surface area contributed by atoms with Gasteiger partial charge in [-0.05, 0) is 43.8 Å². The summed E-state index contributed by atoms with van der Waals surface area (Å²) in [5, 5.41) is 0. The van der Waals surface area contributed by atoms with Gasteiger partial charge in [0.2, 0.25) is 0 Å². The second kappa shape index (κ2) is 6.18. The van der Waals surface area contributed by atoms with Crippen LogP contribution in [0.15, 0.2) is 30.3 Å². The lowest BCUT2D eigenvalue weighted by Crippen LogP contribution is -2.34. The molecule has 0 aliphatic carbocycles. The average Bonchev–Trinajstić information content (AvgIpc) is 2.57. The van der Waals surface area contributed by atoms with Crippen molar-refractivity contribution in [1.82, 2.24) is 4.90 Å². The van der Waals surface area contributed by atoms with Crippen LogP contribution >= 0.6 is 0 Å². The van der Waals surface area contributed by atoms with Crippen molar-refractivity contribution in [1.29, 1.82) is 0 Å². The van der Waals surface area contributed by atoms with Crippen molar-refractivity contribution >= 4 is 0 Å². The van der Waals surface area contributed by atoms with Gasteiger partial charge in [0.05, 0.1) is 0 Å². The molecule has 94 valence electrons. The lowest BCUT2D eigenvalue weighted by atomic mass is 10.0. The van der Waals surface area contributed by atoms with Gasteiger partial charge in [-0.2, -0.15) is 0 Å². The Labute approximate surface area is 105 Å². The highest BCUT2D eigenvalue weighted by molar-refractivity contribution is 5.19. The molecule has 1 fully saturated rings. The van der Waals surface area contributed by atoms with E-state index < -0.39 is 0 Å². The van der Waals surface area contributed by atoms with E-state index in [4.69, 9.17) is 5.73 Å². The van der Waals surface area contributed by atoms with E-state index in [1.807, 2.05) is 0 Å². The monoisotopic (exact) mass is 232 g/mol. The zero-order valence-corrected chi connectivity index (χ0v) is 10.8. The molecule has 2 atom stereocenters. The van der Waals surface area contributed by atoms with Gasteiger partial charge in [0.25, 0.3) is 0 Å². The number of rotatable bonds is 3. The van der Waals surface area contributed by atoms with Crippen molar-refractivity contribution in [3.8, 4) is 0 Å². The molecule has 0 amide bonds. The van der Waals surface area contributed by atoms with Crippen LogP contribution in [0.4, 0.5) is 0 Å². The molecular weight excluding hydrogens is 208 g/mol. The summed E-state index contributed by atoms with van der Waals surface area (Å²) in [5.41, 5.74) is 7.34. The number of benzene rings is 1. The third-order valence-corrected chi connectivity index (χ3v) is 3.90. The van der Waals surface area contributed by atoms with Gasteiger partial charge in [-0.25, -0.2) is 0 Å². The Morgan fingerprint density at radius 1 is 1.24 bits per heavy atom. The van der Waals surface area contributed by atoms with E-state index in [-0.39, 0.29) is 0 Å². The van der Waals surface area contributed by atoms with Crippen LogP contribution in [0.1, 0.15) is 37.8 Å². The quantitative estimate of drug-likeness (QED) is 0.868. The Morgan fingerprint density at radius 3 is 2.71 bits per heavy atom. The molecule has 1 heterocycles.